The summed E-state index contributed by atoms with van der Waals surface area (Å²) in [7, 11) is 0. The van der Waals surface area contributed by atoms with Crippen molar-refractivity contribution in [2.24, 2.45) is 0 Å². The minimum absolute atomic E-state index is 0.0657. The first-order valence-corrected chi connectivity index (χ1v) is 34.8. The fourth-order valence-corrected chi connectivity index (χ4v) is 10.7. The lowest BCUT2D eigenvalue weighted by atomic mass is 10.0. The number of hydrogen-bond donors (Lipinski definition) is 0. The van der Waals surface area contributed by atoms with E-state index in [0.717, 1.165) is 64.2 Å². The Bertz CT molecular complexity index is 1240. The van der Waals surface area contributed by atoms with Gasteiger partial charge in [0.2, 0.25) is 0 Å². The van der Waals surface area contributed by atoms with E-state index in [-0.39, 0.29) is 31.1 Å². The normalized spacial score (nSPS) is 12.1. The smallest absolute Gasteiger partial charge is 0.306 e. The third kappa shape index (κ3) is 64.6. The highest BCUT2D eigenvalue weighted by Gasteiger charge is 2.19. The minimum atomic E-state index is -0.770. The molecule has 0 rings (SSSR count). The molecule has 0 aliphatic heterocycles. The van der Waals surface area contributed by atoms with Gasteiger partial charge in [-0.2, -0.15) is 0 Å². The number of ether oxygens (including phenoxy) is 3. The standard InChI is InChI=1S/C71H134O6/c1-4-7-10-13-16-19-22-25-28-31-33-35-37-40-43-46-49-52-55-58-61-64-70(73)76-67-68(66-75-69(72)63-60-57-54-51-48-45-42-39-30-27-24-21-18-15-12-9-6-3)77-71(74)65-62-59-56-53-50-47-44-41-38-36-34-32-29-26-23-20-17-14-11-8-5-2/h22,25,31,33,68H,4-21,23-24,26-30,32,34-67H2,1-3H3/b25-22-,33-31-. The molecule has 77 heavy (non-hydrogen) atoms. The number of esters is 3. The van der Waals surface area contributed by atoms with Crippen LogP contribution in [0.15, 0.2) is 24.3 Å². The second kappa shape index (κ2) is 66.4. The predicted molar refractivity (Wildman–Crippen MR) is 335 cm³/mol. The fraction of sp³-hybridized carbons (Fsp3) is 0.901. The number of hydrogen-bond acceptors (Lipinski definition) is 6. The van der Waals surface area contributed by atoms with Crippen molar-refractivity contribution in [2.75, 3.05) is 13.2 Å². The Labute approximate surface area is 481 Å². The van der Waals surface area contributed by atoms with Gasteiger partial charge in [0.15, 0.2) is 6.10 Å². The molecule has 6 nitrogen and oxygen atoms in total. The van der Waals surface area contributed by atoms with Gasteiger partial charge in [-0.3, -0.25) is 14.4 Å². The third-order valence-electron chi connectivity index (χ3n) is 16.0. The second-order valence-corrected chi connectivity index (χ2v) is 23.8. The van der Waals surface area contributed by atoms with Gasteiger partial charge in [0.1, 0.15) is 13.2 Å². The van der Waals surface area contributed by atoms with Crippen LogP contribution in [0.4, 0.5) is 0 Å². The van der Waals surface area contributed by atoms with Crippen molar-refractivity contribution in [1.82, 2.24) is 0 Å². The van der Waals surface area contributed by atoms with Crippen molar-refractivity contribution in [3.05, 3.63) is 24.3 Å². The van der Waals surface area contributed by atoms with Crippen LogP contribution < -0.4 is 0 Å². The maximum atomic E-state index is 13.0. The summed E-state index contributed by atoms with van der Waals surface area (Å²) < 4.78 is 17.0. The average Bonchev–Trinajstić information content (AvgIpc) is 3.43. The summed E-state index contributed by atoms with van der Waals surface area (Å²) in [5.74, 6) is -0.836. The number of rotatable bonds is 65. The van der Waals surface area contributed by atoms with Crippen LogP contribution in [0.1, 0.15) is 393 Å². The van der Waals surface area contributed by atoms with Gasteiger partial charge in [0.25, 0.3) is 0 Å². The van der Waals surface area contributed by atoms with Crippen LogP contribution in [0.2, 0.25) is 0 Å². The molecule has 1 atom stereocenters. The topological polar surface area (TPSA) is 78.9 Å². The second-order valence-electron chi connectivity index (χ2n) is 23.8. The summed E-state index contributed by atoms with van der Waals surface area (Å²) in [6.07, 6.45) is 80.5. The van der Waals surface area contributed by atoms with Gasteiger partial charge in [0, 0.05) is 19.3 Å². The van der Waals surface area contributed by atoms with E-state index in [1.165, 1.54) is 289 Å². The SMILES string of the molecule is CCCCCCC/C=C\C/C=C\CCCCCCCCCCCC(=O)OCC(COC(=O)CCCCCCCCCCCCCCCCCCC)OC(=O)CCCCCCCCCCCCCCCCCCCCCCC. The zero-order valence-corrected chi connectivity index (χ0v) is 52.3. The molecule has 0 aromatic rings. The number of unbranched alkanes of at least 4 members (excludes halogenated alkanes) is 50. The van der Waals surface area contributed by atoms with Crippen molar-refractivity contribution in [1.29, 1.82) is 0 Å². The lowest BCUT2D eigenvalue weighted by Gasteiger charge is -2.18. The maximum absolute atomic E-state index is 13.0. The summed E-state index contributed by atoms with van der Waals surface area (Å²) >= 11 is 0. The quantitative estimate of drug-likeness (QED) is 0.0261. The highest BCUT2D eigenvalue weighted by molar-refractivity contribution is 5.71. The van der Waals surface area contributed by atoms with Crippen LogP contribution in [-0.4, -0.2) is 37.2 Å². The van der Waals surface area contributed by atoms with Crippen molar-refractivity contribution in [2.45, 2.75) is 399 Å². The highest BCUT2D eigenvalue weighted by atomic mass is 16.6. The Hall–Kier alpha value is -2.11. The summed E-state index contributed by atoms with van der Waals surface area (Å²) in [6, 6.07) is 0. The predicted octanol–water partition coefficient (Wildman–Crippen LogP) is 23.8. The molecule has 0 fully saturated rings. The van der Waals surface area contributed by atoms with E-state index in [2.05, 4.69) is 45.1 Å². The molecule has 0 aliphatic carbocycles. The van der Waals surface area contributed by atoms with Crippen LogP contribution >= 0.6 is 0 Å². The average molecular weight is 1080 g/mol. The molecule has 0 bridgehead atoms. The molecular formula is C71H134O6. The van der Waals surface area contributed by atoms with Crippen LogP contribution in [-0.2, 0) is 28.6 Å². The van der Waals surface area contributed by atoms with E-state index in [1.54, 1.807) is 0 Å². The highest BCUT2D eigenvalue weighted by Crippen LogP contribution is 2.19. The van der Waals surface area contributed by atoms with Gasteiger partial charge in [-0.1, -0.05) is 347 Å². The molecule has 0 amide bonds. The molecular weight excluding hydrogens is 949 g/mol. The van der Waals surface area contributed by atoms with Gasteiger partial charge in [-0.15, -0.1) is 0 Å². The summed E-state index contributed by atoms with van der Waals surface area (Å²) in [5, 5.41) is 0. The van der Waals surface area contributed by atoms with E-state index in [0.29, 0.717) is 19.3 Å². The molecule has 0 saturated carbocycles. The molecule has 1 unspecified atom stereocenters. The Balaban J connectivity index is 4.30. The molecule has 0 radical (unpaired) electrons. The van der Waals surface area contributed by atoms with E-state index >= 15 is 0 Å². The molecule has 0 aromatic heterocycles. The van der Waals surface area contributed by atoms with Crippen LogP contribution in [0, 0.1) is 0 Å². The van der Waals surface area contributed by atoms with E-state index in [1.807, 2.05) is 0 Å². The van der Waals surface area contributed by atoms with Gasteiger partial charge >= 0.3 is 17.9 Å². The first-order valence-electron chi connectivity index (χ1n) is 34.8. The third-order valence-corrected chi connectivity index (χ3v) is 16.0. The number of carbonyl (C=O) groups excluding carboxylic acids is 3. The Morgan fingerprint density at radius 2 is 0.468 bits per heavy atom. The zero-order valence-electron chi connectivity index (χ0n) is 52.3. The van der Waals surface area contributed by atoms with E-state index in [9.17, 15) is 14.4 Å². The first kappa shape index (κ1) is 74.9. The maximum Gasteiger partial charge on any atom is 0.306 e. The van der Waals surface area contributed by atoms with Crippen molar-refractivity contribution in [3.63, 3.8) is 0 Å². The summed E-state index contributed by atoms with van der Waals surface area (Å²) in [4.78, 5) is 38.4. The first-order chi connectivity index (χ1) is 38.0. The van der Waals surface area contributed by atoms with Gasteiger partial charge in [0.05, 0.1) is 0 Å². The van der Waals surface area contributed by atoms with Crippen molar-refractivity contribution >= 4 is 17.9 Å². The number of carbonyl (C=O) groups is 3. The largest absolute Gasteiger partial charge is 0.462 e. The Morgan fingerprint density at radius 3 is 0.714 bits per heavy atom. The summed E-state index contributed by atoms with van der Waals surface area (Å²) in [5.41, 5.74) is 0. The molecule has 454 valence electrons. The van der Waals surface area contributed by atoms with E-state index in [4.69, 9.17) is 14.2 Å². The number of allylic oxidation sites excluding steroid dienone is 4. The summed E-state index contributed by atoms with van der Waals surface area (Å²) in [6.45, 7) is 6.72. The van der Waals surface area contributed by atoms with Gasteiger partial charge < -0.3 is 14.2 Å². The molecule has 0 aromatic carbocycles. The monoisotopic (exact) mass is 1080 g/mol. The lowest BCUT2D eigenvalue weighted by molar-refractivity contribution is -0.167. The van der Waals surface area contributed by atoms with Crippen LogP contribution in [0.5, 0.6) is 0 Å². The Morgan fingerprint density at radius 1 is 0.260 bits per heavy atom. The minimum Gasteiger partial charge on any atom is -0.462 e. The lowest BCUT2D eigenvalue weighted by Crippen LogP contribution is -2.30. The molecule has 0 heterocycles. The molecule has 0 N–H and O–H groups in total. The molecule has 0 aliphatic rings. The van der Waals surface area contributed by atoms with Crippen molar-refractivity contribution < 1.29 is 28.6 Å². The Kier molecular flexibility index (Phi) is 64.6. The van der Waals surface area contributed by atoms with Crippen LogP contribution in [0.25, 0.3) is 0 Å². The van der Waals surface area contributed by atoms with Crippen molar-refractivity contribution in [3.8, 4) is 0 Å². The van der Waals surface area contributed by atoms with Gasteiger partial charge in [-0.05, 0) is 51.4 Å². The fourth-order valence-electron chi connectivity index (χ4n) is 10.7. The molecule has 6 heteroatoms. The van der Waals surface area contributed by atoms with Crippen LogP contribution in [0.3, 0.4) is 0 Å². The molecule has 0 saturated heterocycles. The van der Waals surface area contributed by atoms with Gasteiger partial charge in [-0.25, -0.2) is 0 Å². The van der Waals surface area contributed by atoms with E-state index < -0.39 is 6.10 Å². The molecule has 0 spiro atoms. The zero-order chi connectivity index (χ0) is 55.7.